The van der Waals surface area contributed by atoms with Gasteiger partial charge >= 0.3 is 0 Å². The van der Waals surface area contributed by atoms with Crippen LogP contribution in [0.25, 0.3) is 0 Å². The monoisotopic (exact) mass is 395 g/mol. The summed E-state index contributed by atoms with van der Waals surface area (Å²) in [6, 6.07) is 3.82. The Balaban J connectivity index is 2.63. The van der Waals surface area contributed by atoms with Crippen LogP contribution in [0.1, 0.15) is 25.8 Å². The van der Waals surface area contributed by atoms with Crippen LogP contribution in [0.15, 0.2) is 18.2 Å². The molecule has 10 nitrogen and oxygen atoms in total. The van der Waals surface area contributed by atoms with Crippen LogP contribution in [0.5, 0.6) is 0 Å². The van der Waals surface area contributed by atoms with Gasteiger partial charge in [-0.3, -0.25) is 25.1 Å². The third kappa shape index (κ3) is 7.91. The van der Waals surface area contributed by atoms with Crippen molar-refractivity contribution in [2.45, 2.75) is 32.9 Å². The molecule has 0 saturated carbocycles. The summed E-state index contributed by atoms with van der Waals surface area (Å²) in [6.45, 7) is 3.40. The van der Waals surface area contributed by atoms with Gasteiger partial charge in [0.15, 0.2) is 0 Å². The van der Waals surface area contributed by atoms with Crippen LogP contribution in [0.4, 0.5) is 11.4 Å². The van der Waals surface area contributed by atoms with Gasteiger partial charge in [-0.25, -0.2) is 0 Å². The predicted octanol–water partition coefficient (Wildman–Crippen LogP) is -0.215. The summed E-state index contributed by atoms with van der Waals surface area (Å²) in [5, 5.41) is 28.7. The number of nitrogens with one attached hydrogen (secondary N) is 5. The molecule has 0 aromatic heterocycles. The molecule has 1 aromatic rings. The van der Waals surface area contributed by atoms with Crippen LogP contribution < -0.4 is 26.7 Å². The first-order valence-corrected chi connectivity index (χ1v) is 8.96. The maximum atomic E-state index is 12.4. The molecule has 10 heteroatoms. The number of aliphatic hydroxyl groups excluding tert-OH is 1. The van der Waals surface area contributed by atoms with Crippen LogP contribution in [-0.4, -0.2) is 54.2 Å². The predicted molar refractivity (Wildman–Crippen MR) is 105 cm³/mol. The van der Waals surface area contributed by atoms with Crippen LogP contribution >= 0.6 is 0 Å². The SMILES string of the molecule is CNCC(=O)NC(CC(C)C)C(=O)NCC(=O)Nc1ccc(CO)c(NO)c1. The minimum Gasteiger partial charge on any atom is -0.392 e. The Bertz CT molecular complexity index is 680. The fraction of sp³-hybridized carbons (Fsp3) is 0.500. The van der Waals surface area contributed by atoms with E-state index in [1.165, 1.54) is 6.07 Å². The molecule has 0 bridgehead atoms. The van der Waals surface area contributed by atoms with E-state index in [0.717, 1.165) is 0 Å². The third-order valence-electron chi connectivity index (χ3n) is 3.80. The molecule has 0 aliphatic rings. The molecule has 0 fully saturated rings. The van der Waals surface area contributed by atoms with Gasteiger partial charge < -0.3 is 26.4 Å². The second-order valence-corrected chi connectivity index (χ2v) is 6.69. The van der Waals surface area contributed by atoms with Crippen molar-refractivity contribution in [2.75, 3.05) is 30.9 Å². The summed E-state index contributed by atoms with van der Waals surface area (Å²) in [5.74, 6) is -1.05. The first kappa shape index (κ1) is 23.3. The highest BCUT2D eigenvalue weighted by atomic mass is 16.5. The first-order chi connectivity index (χ1) is 13.3. The number of benzene rings is 1. The summed E-state index contributed by atoms with van der Waals surface area (Å²) < 4.78 is 0. The highest BCUT2D eigenvalue weighted by molar-refractivity contribution is 5.96. The minimum absolute atomic E-state index is 0.0907. The lowest BCUT2D eigenvalue weighted by Crippen LogP contribution is -2.50. The Morgan fingerprint density at radius 1 is 1.11 bits per heavy atom. The molecule has 1 unspecified atom stereocenters. The van der Waals surface area contributed by atoms with Gasteiger partial charge in [0.1, 0.15) is 6.04 Å². The summed E-state index contributed by atoms with van der Waals surface area (Å²) >= 11 is 0. The van der Waals surface area contributed by atoms with Gasteiger partial charge in [0.05, 0.1) is 25.4 Å². The molecule has 28 heavy (non-hydrogen) atoms. The normalized spacial score (nSPS) is 11.6. The number of hydrogen-bond acceptors (Lipinski definition) is 7. The number of amides is 3. The van der Waals surface area contributed by atoms with Crippen molar-refractivity contribution in [1.82, 2.24) is 16.0 Å². The number of hydrogen-bond donors (Lipinski definition) is 7. The van der Waals surface area contributed by atoms with Crippen molar-refractivity contribution >= 4 is 29.1 Å². The lowest BCUT2D eigenvalue weighted by atomic mass is 10.0. The van der Waals surface area contributed by atoms with Gasteiger partial charge in [-0.15, -0.1) is 0 Å². The van der Waals surface area contributed by atoms with Crippen molar-refractivity contribution in [2.24, 2.45) is 5.92 Å². The van der Waals surface area contributed by atoms with Gasteiger partial charge in [-0.05, 0) is 31.5 Å². The summed E-state index contributed by atoms with van der Waals surface area (Å²) in [5.41, 5.74) is 3.05. The summed E-state index contributed by atoms with van der Waals surface area (Å²) in [4.78, 5) is 36.2. The second-order valence-electron chi connectivity index (χ2n) is 6.69. The fourth-order valence-electron chi connectivity index (χ4n) is 2.50. The number of aliphatic hydroxyl groups is 1. The van der Waals surface area contributed by atoms with E-state index in [1.54, 1.807) is 19.2 Å². The topological polar surface area (TPSA) is 152 Å². The fourth-order valence-corrected chi connectivity index (χ4v) is 2.50. The lowest BCUT2D eigenvalue weighted by molar-refractivity contribution is -0.129. The van der Waals surface area contributed by atoms with Gasteiger partial charge in [0.25, 0.3) is 0 Å². The zero-order valence-corrected chi connectivity index (χ0v) is 16.3. The summed E-state index contributed by atoms with van der Waals surface area (Å²) in [6.07, 6.45) is 0.442. The van der Waals surface area contributed by atoms with E-state index >= 15 is 0 Å². The molecule has 1 rings (SSSR count). The molecule has 0 saturated heterocycles. The van der Waals surface area contributed by atoms with E-state index in [2.05, 4.69) is 21.3 Å². The molecule has 0 aliphatic carbocycles. The van der Waals surface area contributed by atoms with Gasteiger partial charge in [0.2, 0.25) is 17.7 Å². The number of carbonyl (C=O) groups is 3. The number of likely N-dealkylation sites (N-methyl/N-ethyl adjacent to an activating group) is 1. The van der Waals surface area contributed by atoms with E-state index in [4.69, 9.17) is 10.3 Å². The smallest absolute Gasteiger partial charge is 0.243 e. The molecular formula is C18H29N5O5. The maximum Gasteiger partial charge on any atom is 0.243 e. The Morgan fingerprint density at radius 2 is 1.82 bits per heavy atom. The molecule has 0 heterocycles. The molecule has 0 spiro atoms. The number of carbonyl (C=O) groups excluding carboxylic acids is 3. The average molecular weight is 395 g/mol. The van der Waals surface area contributed by atoms with E-state index in [1.807, 2.05) is 19.3 Å². The highest BCUT2D eigenvalue weighted by Gasteiger charge is 2.22. The second kappa shape index (κ2) is 11.9. The zero-order valence-electron chi connectivity index (χ0n) is 16.3. The largest absolute Gasteiger partial charge is 0.392 e. The van der Waals surface area contributed by atoms with E-state index in [-0.39, 0.29) is 37.2 Å². The van der Waals surface area contributed by atoms with Crippen LogP contribution in [0.3, 0.4) is 0 Å². The Morgan fingerprint density at radius 3 is 2.39 bits per heavy atom. The lowest BCUT2D eigenvalue weighted by Gasteiger charge is -2.20. The highest BCUT2D eigenvalue weighted by Crippen LogP contribution is 2.20. The third-order valence-corrected chi connectivity index (χ3v) is 3.80. The van der Waals surface area contributed by atoms with Crippen molar-refractivity contribution in [3.8, 4) is 0 Å². The molecule has 1 aromatic carbocycles. The van der Waals surface area contributed by atoms with Gasteiger partial charge in [0, 0.05) is 11.3 Å². The minimum atomic E-state index is -0.734. The Labute approximate surface area is 164 Å². The number of rotatable bonds is 11. The van der Waals surface area contributed by atoms with Crippen LogP contribution in [0, 0.1) is 5.92 Å². The van der Waals surface area contributed by atoms with Gasteiger partial charge in [-0.1, -0.05) is 19.9 Å². The molecule has 1 atom stereocenters. The van der Waals surface area contributed by atoms with Crippen LogP contribution in [0.2, 0.25) is 0 Å². The van der Waals surface area contributed by atoms with Crippen molar-refractivity contribution in [1.29, 1.82) is 0 Å². The molecule has 0 radical (unpaired) electrons. The van der Waals surface area contributed by atoms with Crippen molar-refractivity contribution in [3.05, 3.63) is 23.8 Å². The first-order valence-electron chi connectivity index (χ1n) is 8.96. The molecule has 7 N–H and O–H groups in total. The van der Waals surface area contributed by atoms with E-state index in [0.29, 0.717) is 17.7 Å². The zero-order chi connectivity index (χ0) is 21.1. The average Bonchev–Trinajstić information content (AvgIpc) is 2.65. The summed E-state index contributed by atoms with van der Waals surface area (Å²) in [7, 11) is 1.63. The quantitative estimate of drug-likeness (QED) is 0.256. The standard InChI is InChI=1S/C18H29N5O5/c1-11(2)6-15(22-16(25)8-19-3)18(27)20-9-17(26)21-13-5-4-12(10-24)14(7-13)23-28/h4-5,7,11,15,19,23-24,28H,6,8-10H2,1-3H3,(H,20,27)(H,21,26)(H,22,25). The maximum absolute atomic E-state index is 12.4. The van der Waals surface area contributed by atoms with Crippen molar-refractivity contribution in [3.63, 3.8) is 0 Å². The molecule has 3 amide bonds. The van der Waals surface area contributed by atoms with E-state index < -0.39 is 17.9 Å². The van der Waals surface area contributed by atoms with Crippen LogP contribution in [-0.2, 0) is 21.0 Å². The number of anilines is 2. The van der Waals surface area contributed by atoms with Crippen molar-refractivity contribution < 1.29 is 24.7 Å². The molecule has 156 valence electrons. The Kier molecular flexibility index (Phi) is 9.93. The molecule has 0 aliphatic heterocycles. The van der Waals surface area contributed by atoms with Gasteiger partial charge in [-0.2, -0.15) is 0 Å². The Hall–Kier alpha value is -2.69. The molecular weight excluding hydrogens is 366 g/mol. The van der Waals surface area contributed by atoms with E-state index in [9.17, 15) is 14.4 Å².